The zero-order chi connectivity index (χ0) is 22.1. The SMILES string of the molecule is COc1ccccc1CN(CCO)C(=O)Nc1cccc(NC(=O)c2ccccc2)c1. The van der Waals surface area contributed by atoms with Crippen molar-refractivity contribution in [3.05, 3.63) is 90.0 Å². The Morgan fingerprint density at radius 2 is 1.58 bits per heavy atom. The van der Waals surface area contributed by atoms with E-state index in [1.54, 1.807) is 55.6 Å². The molecule has 0 aromatic heterocycles. The van der Waals surface area contributed by atoms with Crippen LogP contribution in [0.1, 0.15) is 15.9 Å². The fraction of sp³-hybridized carbons (Fsp3) is 0.167. The molecule has 160 valence electrons. The molecule has 3 N–H and O–H groups in total. The van der Waals surface area contributed by atoms with Crippen molar-refractivity contribution in [3.63, 3.8) is 0 Å². The summed E-state index contributed by atoms with van der Waals surface area (Å²) >= 11 is 0. The van der Waals surface area contributed by atoms with Crippen LogP contribution in [0.25, 0.3) is 0 Å². The number of ether oxygens (including phenoxy) is 1. The monoisotopic (exact) mass is 419 g/mol. The summed E-state index contributed by atoms with van der Waals surface area (Å²) in [6.07, 6.45) is 0. The van der Waals surface area contributed by atoms with Crippen LogP contribution in [-0.4, -0.2) is 42.2 Å². The molecule has 7 heteroatoms. The maximum absolute atomic E-state index is 12.8. The second-order valence-electron chi connectivity index (χ2n) is 6.79. The number of hydrogen-bond donors (Lipinski definition) is 3. The number of amides is 3. The Balaban J connectivity index is 1.69. The molecule has 0 aliphatic heterocycles. The second kappa shape index (κ2) is 10.8. The van der Waals surface area contributed by atoms with Crippen LogP contribution in [0.3, 0.4) is 0 Å². The Morgan fingerprint density at radius 1 is 0.903 bits per heavy atom. The number of nitrogens with zero attached hydrogens (tertiary/aromatic N) is 1. The van der Waals surface area contributed by atoms with Crippen molar-refractivity contribution in [2.75, 3.05) is 30.9 Å². The molecular formula is C24H25N3O4. The van der Waals surface area contributed by atoms with Crippen molar-refractivity contribution in [3.8, 4) is 5.75 Å². The number of rotatable bonds is 8. The Morgan fingerprint density at radius 3 is 2.29 bits per heavy atom. The predicted octanol–water partition coefficient (Wildman–Crippen LogP) is 3.97. The van der Waals surface area contributed by atoms with E-state index < -0.39 is 0 Å². The van der Waals surface area contributed by atoms with E-state index in [2.05, 4.69) is 10.6 Å². The maximum Gasteiger partial charge on any atom is 0.322 e. The van der Waals surface area contributed by atoms with Crippen LogP contribution in [0.15, 0.2) is 78.9 Å². The molecule has 0 spiro atoms. The molecule has 3 aromatic rings. The lowest BCUT2D eigenvalue weighted by molar-refractivity contribution is 0.102. The molecule has 0 atom stereocenters. The molecular weight excluding hydrogens is 394 g/mol. The molecule has 0 aliphatic carbocycles. The third-order valence-electron chi connectivity index (χ3n) is 4.62. The fourth-order valence-electron chi connectivity index (χ4n) is 3.08. The maximum atomic E-state index is 12.8. The van der Waals surface area contributed by atoms with Crippen molar-refractivity contribution in [2.45, 2.75) is 6.54 Å². The van der Waals surface area contributed by atoms with Crippen molar-refractivity contribution < 1.29 is 19.4 Å². The van der Waals surface area contributed by atoms with Crippen LogP contribution in [0.2, 0.25) is 0 Å². The third-order valence-corrected chi connectivity index (χ3v) is 4.62. The standard InChI is InChI=1S/C24H25N3O4/c1-31-22-13-6-5-10-19(22)17-27(14-15-28)24(30)26-21-12-7-11-20(16-21)25-23(29)18-8-3-2-4-9-18/h2-13,16,28H,14-15,17H2,1H3,(H,25,29)(H,26,30). The number of aliphatic hydroxyl groups excluding tert-OH is 1. The molecule has 0 heterocycles. The lowest BCUT2D eigenvalue weighted by atomic mass is 10.2. The van der Waals surface area contributed by atoms with Gasteiger partial charge in [-0.15, -0.1) is 0 Å². The minimum Gasteiger partial charge on any atom is -0.496 e. The molecule has 31 heavy (non-hydrogen) atoms. The normalized spacial score (nSPS) is 10.3. The number of benzene rings is 3. The number of urea groups is 1. The van der Waals surface area contributed by atoms with Gasteiger partial charge in [-0.2, -0.15) is 0 Å². The van der Waals surface area contributed by atoms with E-state index in [1.807, 2.05) is 30.3 Å². The van der Waals surface area contributed by atoms with Crippen LogP contribution in [0.4, 0.5) is 16.2 Å². The molecule has 0 fully saturated rings. The van der Waals surface area contributed by atoms with E-state index in [-0.39, 0.29) is 31.6 Å². The number of hydrogen-bond acceptors (Lipinski definition) is 4. The van der Waals surface area contributed by atoms with Gasteiger partial charge in [-0.05, 0) is 36.4 Å². The second-order valence-corrected chi connectivity index (χ2v) is 6.79. The van der Waals surface area contributed by atoms with Gasteiger partial charge >= 0.3 is 6.03 Å². The van der Waals surface area contributed by atoms with Crippen LogP contribution < -0.4 is 15.4 Å². The Hall–Kier alpha value is -3.84. The van der Waals surface area contributed by atoms with Crippen molar-refractivity contribution >= 4 is 23.3 Å². The molecule has 3 rings (SSSR count). The van der Waals surface area contributed by atoms with Gasteiger partial charge in [0.15, 0.2) is 0 Å². The van der Waals surface area contributed by atoms with E-state index in [1.165, 1.54) is 4.90 Å². The Labute approximate surface area is 181 Å². The molecule has 3 amide bonds. The summed E-state index contributed by atoms with van der Waals surface area (Å²) in [5, 5.41) is 15.0. The zero-order valence-corrected chi connectivity index (χ0v) is 17.2. The van der Waals surface area contributed by atoms with Gasteiger partial charge in [0.25, 0.3) is 5.91 Å². The van der Waals surface area contributed by atoms with Gasteiger partial charge < -0.3 is 25.4 Å². The topological polar surface area (TPSA) is 90.9 Å². The number of nitrogens with one attached hydrogen (secondary N) is 2. The van der Waals surface area contributed by atoms with E-state index in [0.29, 0.717) is 22.7 Å². The van der Waals surface area contributed by atoms with E-state index in [9.17, 15) is 14.7 Å². The highest BCUT2D eigenvalue weighted by Crippen LogP contribution is 2.21. The van der Waals surface area contributed by atoms with E-state index in [4.69, 9.17) is 4.74 Å². The van der Waals surface area contributed by atoms with E-state index in [0.717, 1.165) is 5.56 Å². The third kappa shape index (κ3) is 6.07. The molecule has 0 saturated carbocycles. The van der Waals surface area contributed by atoms with Crippen LogP contribution in [0.5, 0.6) is 5.75 Å². The summed E-state index contributed by atoms with van der Waals surface area (Å²) in [7, 11) is 1.57. The molecule has 3 aromatic carbocycles. The van der Waals surface area contributed by atoms with Crippen molar-refractivity contribution in [1.29, 1.82) is 0 Å². The van der Waals surface area contributed by atoms with Gasteiger partial charge in [-0.3, -0.25) is 4.79 Å². The summed E-state index contributed by atoms with van der Waals surface area (Å²) < 4.78 is 5.35. The largest absolute Gasteiger partial charge is 0.496 e. The number of anilines is 2. The first kappa shape index (κ1) is 21.9. The van der Waals surface area contributed by atoms with Crippen molar-refractivity contribution in [1.82, 2.24) is 4.90 Å². The highest BCUT2D eigenvalue weighted by atomic mass is 16.5. The lowest BCUT2D eigenvalue weighted by Gasteiger charge is -2.23. The van der Waals surface area contributed by atoms with Crippen molar-refractivity contribution in [2.24, 2.45) is 0 Å². The molecule has 0 unspecified atom stereocenters. The molecule has 0 bridgehead atoms. The van der Waals surface area contributed by atoms with Crippen LogP contribution in [0, 0.1) is 0 Å². The highest BCUT2D eigenvalue weighted by Gasteiger charge is 2.16. The Bertz CT molecular complexity index is 1020. The molecule has 0 aliphatic rings. The van der Waals surface area contributed by atoms with Gasteiger partial charge in [0.1, 0.15) is 5.75 Å². The average Bonchev–Trinajstić information content (AvgIpc) is 2.80. The lowest BCUT2D eigenvalue weighted by Crippen LogP contribution is -2.36. The summed E-state index contributed by atoms with van der Waals surface area (Å²) in [5.41, 5.74) is 2.46. The summed E-state index contributed by atoms with van der Waals surface area (Å²) in [6, 6.07) is 22.8. The van der Waals surface area contributed by atoms with Gasteiger partial charge in [-0.1, -0.05) is 42.5 Å². The molecule has 0 radical (unpaired) electrons. The Kier molecular flexibility index (Phi) is 7.61. The summed E-state index contributed by atoms with van der Waals surface area (Å²) in [5.74, 6) is 0.436. The highest BCUT2D eigenvalue weighted by molar-refractivity contribution is 6.04. The minimum absolute atomic E-state index is 0.161. The summed E-state index contributed by atoms with van der Waals surface area (Å²) in [4.78, 5) is 26.7. The first-order valence-electron chi connectivity index (χ1n) is 9.86. The summed E-state index contributed by atoms with van der Waals surface area (Å²) in [6.45, 7) is 0.269. The number of methoxy groups -OCH3 is 1. The zero-order valence-electron chi connectivity index (χ0n) is 17.2. The predicted molar refractivity (Wildman–Crippen MR) is 120 cm³/mol. The number of carbonyl (C=O) groups excluding carboxylic acids is 2. The number of aliphatic hydroxyl groups is 1. The van der Waals surface area contributed by atoms with Crippen LogP contribution in [-0.2, 0) is 6.54 Å². The van der Waals surface area contributed by atoms with Gasteiger partial charge in [0.2, 0.25) is 0 Å². The van der Waals surface area contributed by atoms with Gasteiger partial charge in [0, 0.05) is 29.0 Å². The van der Waals surface area contributed by atoms with E-state index >= 15 is 0 Å². The number of para-hydroxylation sites is 1. The molecule has 7 nitrogen and oxygen atoms in total. The fourth-order valence-corrected chi connectivity index (χ4v) is 3.08. The minimum atomic E-state index is -0.369. The van der Waals surface area contributed by atoms with Gasteiger partial charge in [0.05, 0.1) is 20.3 Å². The van der Waals surface area contributed by atoms with Gasteiger partial charge in [-0.25, -0.2) is 4.79 Å². The first-order chi connectivity index (χ1) is 15.1. The average molecular weight is 419 g/mol. The quantitative estimate of drug-likeness (QED) is 0.515. The smallest absolute Gasteiger partial charge is 0.322 e. The molecule has 0 saturated heterocycles. The van der Waals surface area contributed by atoms with Crippen LogP contribution >= 0.6 is 0 Å². The first-order valence-corrected chi connectivity index (χ1v) is 9.86. The number of carbonyl (C=O) groups is 2.